The minimum atomic E-state index is -1.03. The lowest BCUT2D eigenvalue weighted by Gasteiger charge is -2.12. The zero-order valence-corrected chi connectivity index (χ0v) is 18.2. The molecule has 0 radical (unpaired) electrons. The Bertz CT molecular complexity index is 1010. The number of benzene rings is 1. The molecule has 9 heteroatoms. The standard InChI is InChI=1S/C22H25ClN4O4/c1-26(2)10-12-30-11-8-18-14-25-27(20-13-17(22(28)29)7-9-24-20)21(18)31-15-16-3-5-19(23)6-4-16/h3-7,9,13-14H,8,10-12,15H2,1-2H3,(H,28,29). The van der Waals surface area contributed by atoms with E-state index in [4.69, 9.17) is 21.1 Å². The molecule has 0 amide bonds. The van der Waals surface area contributed by atoms with Crippen molar-refractivity contribution >= 4 is 17.6 Å². The number of aromatic nitrogens is 3. The molecule has 0 saturated carbocycles. The molecule has 0 aliphatic rings. The molecule has 2 aromatic heterocycles. The highest BCUT2D eigenvalue weighted by molar-refractivity contribution is 6.30. The monoisotopic (exact) mass is 444 g/mol. The van der Waals surface area contributed by atoms with Gasteiger partial charge in [0.2, 0.25) is 5.88 Å². The Balaban J connectivity index is 1.80. The van der Waals surface area contributed by atoms with Gasteiger partial charge in [0.15, 0.2) is 5.82 Å². The molecule has 8 nitrogen and oxygen atoms in total. The highest BCUT2D eigenvalue weighted by Crippen LogP contribution is 2.24. The number of nitrogens with zero attached hydrogens (tertiary/aromatic N) is 4. The quantitative estimate of drug-likeness (QED) is 0.454. The topological polar surface area (TPSA) is 89.7 Å². The van der Waals surface area contributed by atoms with E-state index >= 15 is 0 Å². The highest BCUT2D eigenvalue weighted by Gasteiger charge is 2.16. The van der Waals surface area contributed by atoms with Gasteiger partial charge >= 0.3 is 5.97 Å². The largest absolute Gasteiger partial charge is 0.478 e. The molecule has 0 unspecified atom stereocenters. The summed E-state index contributed by atoms with van der Waals surface area (Å²) in [4.78, 5) is 17.7. The first kappa shape index (κ1) is 22.7. The van der Waals surface area contributed by atoms with Gasteiger partial charge in [0.25, 0.3) is 0 Å². The summed E-state index contributed by atoms with van der Waals surface area (Å²) in [5, 5.41) is 14.3. The van der Waals surface area contributed by atoms with Gasteiger partial charge in [0, 0.05) is 29.7 Å². The summed E-state index contributed by atoms with van der Waals surface area (Å²) in [6, 6.07) is 10.3. The lowest BCUT2D eigenvalue weighted by molar-refractivity contribution is 0.0696. The molecule has 164 valence electrons. The van der Waals surface area contributed by atoms with Crippen LogP contribution in [0, 0.1) is 0 Å². The molecule has 3 aromatic rings. The van der Waals surface area contributed by atoms with Crippen LogP contribution < -0.4 is 4.74 Å². The van der Waals surface area contributed by atoms with E-state index in [2.05, 4.69) is 15.0 Å². The lowest BCUT2D eigenvalue weighted by atomic mass is 10.2. The fourth-order valence-corrected chi connectivity index (χ4v) is 2.92. The Morgan fingerprint density at radius 2 is 1.97 bits per heavy atom. The summed E-state index contributed by atoms with van der Waals surface area (Å²) in [5.41, 5.74) is 1.91. The number of carboxylic acids is 1. The number of carbonyl (C=O) groups is 1. The maximum atomic E-state index is 11.3. The molecule has 1 aromatic carbocycles. The number of ether oxygens (including phenoxy) is 2. The highest BCUT2D eigenvalue weighted by atomic mass is 35.5. The van der Waals surface area contributed by atoms with Gasteiger partial charge in [-0.15, -0.1) is 0 Å². The smallest absolute Gasteiger partial charge is 0.335 e. The number of carboxylic acid groups (broad SMARTS) is 1. The minimum absolute atomic E-state index is 0.123. The molecule has 3 rings (SSSR count). The molecule has 31 heavy (non-hydrogen) atoms. The van der Waals surface area contributed by atoms with Crippen molar-refractivity contribution in [2.24, 2.45) is 0 Å². The zero-order chi connectivity index (χ0) is 22.2. The van der Waals surface area contributed by atoms with Gasteiger partial charge in [-0.1, -0.05) is 23.7 Å². The zero-order valence-electron chi connectivity index (χ0n) is 17.5. The van der Waals surface area contributed by atoms with Crippen LogP contribution in [0.1, 0.15) is 21.5 Å². The van der Waals surface area contributed by atoms with Crippen molar-refractivity contribution in [3.8, 4) is 11.7 Å². The lowest BCUT2D eigenvalue weighted by Crippen LogP contribution is -2.18. The minimum Gasteiger partial charge on any atom is -0.478 e. The van der Waals surface area contributed by atoms with Crippen LogP contribution in [0.2, 0.25) is 5.02 Å². The predicted octanol–water partition coefficient (Wildman–Crippen LogP) is 3.32. The molecule has 0 atom stereocenters. The Labute approximate surface area is 186 Å². The molecule has 0 bridgehead atoms. The van der Waals surface area contributed by atoms with Crippen molar-refractivity contribution in [2.45, 2.75) is 13.0 Å². The Hall–Kier alpha value is -2.94. The SMILES string of the molecule is CN(C)CCOCCc1cnn(-c2cc(C(=O)O)ccn2)c1OCc1ccc(Cl)cc1. The van der Waals surface area contributed by atoms with Crippen molar-refractivity contribution in [1.82, 2.24) is 19.7 Å². The van der Waals surface area contributed by atoms with E-state index in [0.717, 1.165) is 17.7 Å². The first-order chi connectivity index (χ1) is 14.9. The Morgan fingerprint density at radius 3 is 2.68 bits per heavy atom. The number of pyridine rings is 1. The second kappa shape index (κ2) is 10.9. The van der Waals surface area contributed by atoms with Crippen LogP contribution in [-0.4, -0.2) is 64.6 Å². The van der Waals surface area contributed by atoms with E-state index in [1.165, 1.54) is 23.0 Å². The van der Waals surface area contributed by atoms with E-state index in [9.17, 15) is 9.90 Å². The number of rotatable bonds is 11. The maximum absolute atomic E-state index is 11.3. The van der Waals surface area contributed by atoms with Crippen molar-refractivity contribution in [1.29, 1.82) is 0 Å². The van der Waals surface area contributed by atoms with E-state index in [1.807, 2.05) is 26.2 Å². The van der Waals surface area contributed by atoms with E-state index < -0.39 is 5.97 Å². The van der Waals surface area contributed by atoms with Crippen LogP contribution in [0.4, 0.5) is 0 Å². The summed E-state index contributed by atoms with van der Waals surface area (Å²) >= 11 is 5.96. The van der Waals surface area contributed by atoms with Gasteiger partial charge < -0.3 is 19.5 Å². The average molecular weight is 445 g/mol. The summed E-state index contributed by atoms with van der Waals surface area (Å²) in [7, 11) is 3.99. The Morgan fingerprint density at radius 1 is 1.19 bits per heavy atom. The van der Waals surface area contributed by atoms with Crippen LogP contribution >= 0.6 is 11.6 Å². The molecular weight excluding hydrogens is 420 g/mol. The van der Waals surface area contributed by atoms with Crippen LogP contribution in [0.3, 0.4) is 0 Å². The van der Waals surface area contributed by atoms with Gasteiger partial charge in [-0.05, 0) is 43.9 Å². The first-order valence-corrected chi connectivity index (χ1v) is 10.2. The van der Waals surface area contributed by atoms with E-state index in [-0.39, 0.29) is 5.56 Å². The van der Waals surface area contributed by atoms with Crippen molar-refractivity contribution in [3.63, 3.8) is 0 Å². The molecule has 0 spiro atoms. The van der Waals surface area contributed by atoms with Crippen molar-refractivity contribution in [2.75, 3.05) is 33.9 Å². The van der Waals surface area contributed by atoms with Gasteiger partial charge in [0.1, 0.15) is 6.61 Å². The third-order valence-electron chi connectivity index (χ3n) is 4.49. The van der Waals surface area contributed by atoms with E-state index in [1.54, 1.807) is 18.3 Å². The number of hydrogen-bond acceptors (Lipinski definition) is 6. The summed E-state index contributed by atoms with van der Waals surface area (Å²) in [6.45, 7) is 2.28. The van der Waals surface area contributed by atoms with Crippen LogP contribution in [0.25, 0.3) is 5.82 Å². The molecule has 2 heterocycles. The second-order valence-corrected chi connectivity index (χ2v) is 7.61. The van der Waals surface area contributed by atoms with Crippen molar-refractivity contribution in [3.05, 3.63) is 70.5 Å². The fourth-order valence-electron chi connectivity index (χ4n) is 2.79. The molecular formula is C22H25ClN4O4. The van der Waals surface area contributed by atoms with E-state index in [0.29, 0.717) is 43.0 Å². The normalized spacial score (nSPS) is 11.1. The second-order valence-electron chi connectivity index (χ2n) is 7.18. The third-order valence-corrected chi connectivity index (χ3v) is 4.74. The number of aromatic carboxylic acids is 1. The summed E-state index contributed by atoms with van der Waals surface area (Å²) in [5.74, 6) is -0.166. The van der Waals surface area contributed by atoms with Gasteiger partial charge in [-0.25, -0.2) is 9.78 Å². The molecule has 0 aliphatic carbocycles. The summed E-state index contributed by atoms with van der Waals surface area (Å²) in [6.07, 6.45) is 3.73. The van der Waals surface area contributed by atoms with Crippen LogP contribution in [-0.2, 0) is 17.8 Å². The Kier molecular flexibility index (Phi) is 8.00. The number of hydrogen-bond donors (Lipinski definition) is 1. The van der Waals surface area contributed by atoms with Crippen LogP contribution in [0.5, 0.6) is 5.88 Å². The molecule has 1 N–H and O–H groups in total. The molecule has 0 fully saturated rings. The third kappa shape index (κ3) is 6.52. The number of halogens is 1. The van der Waals surface area contributed by atoms with Gasteiger partial charge in [0.05, 0.1) is 25.0 Å². The maximum Gasteiger partial charge on any atom is 0.335 e. The van der Waals surface area contributed by atoms with Crippen molar-refractivity contribution < 1.29 is 19.4 Å². The molecule has 0 aliphatic heterocycles. The van der Waals surface area contributed by atoms with Gasteiger partial charge in [-0.3, -0.25) is 0 Å². The predicted molar refractivity (Wildman–Crippen MR) is 117 cm³/mol. The summed E-state index contributed by atoms with van der Waals surface area (Å²) < 4.78 is 13.3. The first-order valence-electron chi connectivity index (χ1n) is 9.80. The van der Waals surface area contributed by atoms with Crippen LogP contribution in [0.15, 0.2) is 48.8 Å². The fraction of sp³-hybridized carbons (Fsp3) is 0.318. The average Bonchev–Trinajstić information content (AvgIpc) is 3.15. The van der Waals surface area contributed by atoms with Gasteiger partial charge in [-0.2, -0.15) is 9.78 Å². The number of likely N-dealkylation sites (N-methyl/N-ethyl adjacent to an activating group) is 1. The molecule has 0 saturated heterocycles.